The van der Waals surface area contributed by atoms with Gasteiger partial charge < -0.3 is 24.7 Å². The van der Waals surface area contributed by atoms with Gasteiger partial charge in [0.15, 0.2) is 0 Å². The van der Waals surface area contributed by atoms with Crippen molar-refractivity contribution in [2.75, 3.05) is 39.4 Å². The number of morpholine rings is 1. The Bertz CT molecular complexity index is 1010. The number of carbonyl (C=O) groups excluding carboxylic acids is 2. The van der Waals surface area contributed by atoms with Gasteiger partial charge in [-0.3, -0.25) is 9.59 Å². The minimum Gasteiger partial charge on any atom is -0.872 e. The average molecular weight is 487 g/mol. The monoisotopic (exact) mass is 486 g/mol. The zero-order valence-electron chi connectivity index (χ0n) is 16.8. The highest BCUT2D eigenvalue weighted by molar-refractivity contribution is 9.10. The van der Waals surface area contributed by atoms with Crippen LogP contribution in [0.5, 0.6) is 5.75 Å². The molecule has 7 nitrogen and oxygen atoms in total. The van der Waals surface area contributed by atoms with Crippen LogP contribution < -0.4 is 10.0 Å². The number of hydrogen-bond acceptors (Lipinski definition) is 5. The van der Waals surface area contributed by atoms with Gasteiger partial charge in [0, 0.05) is 10.0 Å². The van der Waals surface area contributed by atoms with Crippen LogP contribution in [0.15, 0.2) is 58.6 Å². The molecule has 2 fully saturated rings. The molecular formula is C23H23BrN2O5. The highest BCUT2D eigenvalue weighted by atomic mass is 79.9. The predicted octanol–water partition coefficient (Wildman–Crippen LogP) is 0.860. The Morgan fingerprint density at radius 1 is 1.16 bits per heavy atom. The van der Waals surface area contributed by atoms with Crippen molar-refractivity contribution in [3.8, 4) is 5.75 Å². The van der Waals surface area contributed by atoms with E-state index in [0.717, 1.165) is 17.6 Å². The van der Waals surface area contributed by atoms with E-state index in [1.807, 2.05) is 0 Å². The third kappa shape index (κ3) is 4.51. The molecule has 8 heteroatoms. The van der Waals surface area contributed by atoms with E-state index >= 15 is 0 Å². The number of hydrogen-bond donors (Lipinski definition) is 2. The quantitative estimate of drug-likeness (QED) is 0.371. The van der Waals surface area contributed by atoms with Crippen molar-refractivity contribution in [3.63, 3.8) is 0 Å². The molecule has 2 heterocycles. The van der Waals surface area contributed by atoms with Crippen LogP contribution in [-0.4, -0.2) is 61.1 Å². The number of aliphatic hydroxyl groups excluding tert-OH is 1. The number of ether oxygens (including phenoxy) is 1. The summed E-state index contributed by atoms with van der Waals surface area (Å²) < 4.78 is 6.21. The van der Waals surface area contributed by atoms with Gasteiger partial charge >= 0.3 is 0 Å². The summed E-state index contributed by atoms with van der Waals surface area (Å²) in [7, 11) is 0. The highest BCUT2D eigenvalue weighted by Crippen LogP contribution is 2.39. The number of nitrogens with one attached hydrogen (secondary N) is 1. The van der Waals surface area contributed by atoms with E-state index in [9.17, 15) is 19.8 Å². The number of quaternary nitrogens is 1. The number of rotatable bonds is 5. The second kappa shape index (κ2) is 9.21. The normalized spacial score (nSPS) is 21.6. The molecule has 2 aromatic carbocycles. The Morgan fingerprint density at radius 3 is 2.55 bits per heavy atom. The van der Waals surface area contributed by atoms with Gasteiger partial charge in [-0.15, -0.1) is 5.75 Å². The van der Waals surface area contributed by atoms with Crippen LogP contribution in [0.4, 0.5) is 0 Å². The summed E-state index contributed by atoms with van der Waals surface area (Å²) in [5.74, 6) is -1.86. The number of amides is 1. The Morgan fingerprint density at radius 2 is 1.87 bits per heavy atom. The molecule has 0 aromatic heterocycles. The number of carbonyl (C=O) groups is 2. The first-order valence-corrected chi connectivity index (χ1v) is 11.0. The number of benzene rings is 2. The molecule has 0 radical (unpaired) electrons. The number of nitrogens with zero attached hydrogens (tertiary/aromatic N) is 1. The molecule has 162 valence electrons. The van der Waals surface area contributed by atoms with E-state index in [1.54, 1.807) is 36.4 Å². The number of ketones is 1. The van der Waals surface area contributed by atoms with Crippen molar-refractivity contribution in [1.29, 1.82) is 0 Å². The van der Waals surface area contributed by atoms with Crippen molar-refractivity contribution in [1.82, 2.24) is 4.90 Å². The molecule has 2 aliphatic rings. The van der Waals surface area contributed by atoms with Gasteiger partial charge in [-0.2, -0.15) is 0 Å². The number of likely N-dealkylation sites (tertiary alicyclic amines) is 1. The van der Waals surface area contributed by atoms with Crippen LogP contribution in [0.25, 0.3) is 5.76 Å². The molecule has 4 rings (SSSR count). The van der Waals surface area contributed by atoms with Gasteiger partial charge in [-0.05, 0) is 17.7 Å². The molecule has 31 heavy (non-hydrogen) atoms. The summed E-state index contributed by atoms with van der Waals surface area (Å²) in [5.41, 5.74) is 0.959. The molecule has 1 atom stereocenters. The standard InChI is InChI=1S/C23H23BrN2O5/c24-17-6-4-15(5-7-17)21(28)19-20(16-2-1-3-18(27)14-16)26(23(30)22(19)29)9-8-25-10-12-31-13-11-25/h1-7,14,20,27-28H,8-13H2. The summed E-state index contributed by atoms with van der Waals surface area (Å²) in [6, 6.07) is 12.2. The second-order valence-corrected chi connectivity index (χ2v) is 8.60. The molecule has 0 saturated carbocycles. The van der Waals surface area contributed by atoms with Crippen molar-refractivity contribution in [2.24, 2.45) is 0 Å². The fraction of sp³-hybridized carbons (Fsp3) is 0.304. The molecular weight excluding hydrogens is 464 g/mol. The number of Topliss-reactive ketones (excluding diaryl/α,β-unsaturated/α-hetero) is 1. The average Bonchev–Trinajstić information content (AvgIpc) is 3.03. The first-order chi connectivity index (χ1) is 15.0. The Hall–Kier alpha value is -2.68. The first kappa shape index (κ1) is 21.5. The van der Waals surface area contributed by atoms with E-state index in [2.05, 4.69) is 15.9 Å². The van der Waals surface area contributed by atoms with Crippen LogP contribution in [0, 0.1) is 0 Å². The SMILES string of the molecule is O=C1C(=O)N(CC[NH+]2CCOCC2)C(c2cccc([O-])c2)C1=C(O)c1ccc(Br)cc1. The van der Waals surface area contributed by atoms with E-state index in [-0.39, 0.29) is 17.1 Å². The van der Waals surface area contributed by atoms with Crippen molar-refractivity contribution >= 4 is 33.4 Å². The molecule has 2 N–H and O–H groups in total. The molecule has 1 amide bonds. The van der Waals surface area contributed by atoms with Crippen molar-refractivity contribution < 1.29 is 29.4 Å². The lowest BCUT2D eigenvalue weighted by atomic mass is 9.95. The minimum absolute atomic E-state index is 0.00917. The summed E-state index contributed by atoms with van der Waals surface area (Å²) in [6.07, 6.45) is 0. The van der Waals surface area contributed by atoms with Gasteiger partial charge in [0.25, 0.3) is 11.7 Å². The summed E-state index contributed by atoms with van der Waals surface area (Å²) >= 11 is 3.35. The highest BCUT2D eigenvalue weighted by Gasteiger charge is 2.46. The zero-order chi connectivity index (χ0) is 22.0. The molecule has 2 aliphatic heterocycles. The fourth-order valence-corrected chi connectivity index (χ4v) is 4.36. The van der Waals surface area contributed by atoms with E-state index in [0.29, 0.717) is 37.4 Å². The molecule has 2 saturated heterocycles. The molecule has 2 aromatic rings. The maximum absolute atomic E-state index is 13.0. The fourth-order valence-electron chi connectivity index (χ4n) is 4.09. The summed E-state index contributed by atoms with van der Waals surface area (Å²) in [6.45, 7) is 4.00. The summed E-state index contributed by atoms with van der Waals surface area (Å²) in [4.78, 5) is 28.7. The number of halogens is 1. The summed E-state index contributed by atoms with van der Waals surface area (Å²) in [5, 5.41) is 23.0. The van der Waals surface area contributed by atoms with Gasteiger partial charge in [-0.1, -0.05) is 52.3 Å². The van der Waals surface area contributed by atoms with E-state index in [1.165, 1.54) is 21.9 Å². The Kier molecular flexibility index (Phi) is 6.41. The lowest BCUT2D eigenvalue weighted by Crippen LogP contribution is -3.14. The van der Waals surface area contributed by atoms with Crippen LogP contribution in [-0.2, 0) is 14.3 Å². The van der Waals surface area contributed by atoms with Gasteiger partial charge in [-0.25, -0.2) is 0 Å². The molecule has 1 unspecified atom stereocenters. The van der Waals surface area contributed by atoms with Gasteiger partial charge in [0.2, 0.25) is 0 Å². The first-order valence-electron chi connectivity index (χ1n) is 10.2. The third-order valence-corrected chi connectivity index (χ3v) is 6.27. The lowest BCUT2D eigenvalue weighted by Gasteiger charge is -2.29. The minimum atomic E-state index is -0.807. The maximum Gasteiger partial charge on any atom is 0.295 e. The van der Waals surface area contributed by atoms with Crippen LogP contribution in [0.3, 0.4) is 0 Å². The third-order valence-electron chi connectivity index (χ3n) is 5.74. The van der Waals surface area contributed by atoms with Crippen LogP contribution in [0.1, 0.15) is 17.2 Å². The maximum atomic E-state index is 13.0. The molecule has 0 aliphatic carbocycles. The van der Waals surface area contributed by atoms with E-state index in [4.69, 9.17) is 4.74 Å². The van der Waals surface area contributed by atoms with Crippen molar-refractivity contribution in [2.45, 2.75) is 6.04 Å². The molecule has 0 bridgehead atoms. The van der Waals surface area contributed by atoms with Gasteiger partial charge in [0.1, 0.15) is 18.8 Å². The number of aliphatic hydroxyl groups is 1. The second-order valence-electron chi connectivity index (χ2n) is 7.68. The van der Waals surface area contributed by atoms with E-state index < -0.39 is 17.7 Å². The lowest BCUT2D eigenvalue weighted by molar-refractivity contribution is -0.907. The Labute approximate surface area is 188 Å². The topological polar surface area (TPSA) is 94.3 Å². The Balaban J connectivity index is 1.73. The van der Waals surface area contributed by atoms with Crippen LogP contribution in [0.2, 0.25) is 0 Å². The smallest absolute Gasteiger partial charge is 0.295 e. The van der Waals surface area contributed by atoms with Crippen LogP contribution >= 0.6 is 15.9 Å². The molecule has 0 spiro atoms. The zero-order valence-corrected chi connectivity index (χ0v) is 18.4. The van der Waals surface area contributed by atoms with Gasteiger partial charge in [0.05, 0.1) is 37.9 Å². The largest absolute Gasteiger partial charge is 0.872 e. The predicted molar refractivity (Wildman–Crippen MR) is 115 cm³/mol. The van der Waals surface area contributed by atoms with Crippen molar-refractivity contribution in [3.05, 3.63) is 69.7 Å².